The number of nitrogens with zero attached hydrogens (tertiary/aromatic N) is 3. The Hall–Kier alpha value is -2.31. The highest BCUT2D eigenvalue weighted by Crippen LogP contribution is 2.25. The van der Waals surface area contributed by atoms with Crippen LogP contribution in [-0.2, 0) is 6.54 Å². The number of piperidine rings is 1. The lowest BCUT2D eigenvalue weighted by molar-refractivity contribution is 0.198. The zero-order valence-corrected chi connectivity index (χ0v) is 18.8. The first-order chi connectivity index (χ1) is 15.3. The quantitative estimate of drug-likeness (QED) is 0.502. The van der Waals surface area contributed by atoms with Crippen LogP contribution in [0.25, 0.3) is 0 Å². The lowest BCUT2D eigenvalue weighted by Gasteiger charge is -2.33. The highest BCUT2D eigenvalue weighted by Gasteiger charge is 2.26. The summed E-state index contributed by atoms with van der Waals surface area (Å²) in [6, 6.07) is 15.5. The average Bonchev–Trinajstić information content (AvgIpc) is 3.51. The highest BCUT2D eigenvalue weighted by molar-refractivity contribution is 5.80. The van der Waals surface area contributed by atoms with Crippen LogP contribution >= 0.6 is 0 Å². The van der Waals surface area contributed by atoms with Gasteiger partial charge in [0.15, 0.2) is 5.96 Å². The molecule has 31 heavy (non-hydrogen) atoms. The number of aliphatic imine (C=N–C) groups is 1. The van der Waals surface area contributed by atoms with E-state index in [0.29, 0.717) is 6.04 Å². The van der Waals surface area contributed by atoms with E-state index in [1.807, 2.05) is 6.07 Å². The molecule has 2 aromatic rings. The fourth-order valence-corrected chi connectivity index (χ4v) is 4.69. The molecular weight excluding hydrogens is 386 g/mol. The van der Waals surface area contributed by atoms with Crippen LogP contribution in [0.4, 0.5) is 0 Å². The van der Waals surface area contributed by atoms with Crippen LogP contribution < -0.4 is 10.6 Å². The standard InChI is InChI=1S/C25H37N5O/c1-2-26-25(27-19-23(24-11-8-18-31-24)30-14-6-7-15-30)28-22-12-16-29(17-13-22)20-21-9-4-3-5-10-21/h3-5,8-11,18,22-23H,2,6-7,12-17,19-20H2,1H3,(H2,26,27,28). The molecule has 1 atom stereocenters. The minimum atomic E-state index is 0.223. The van der Waals surface area contributed by atoms with Gasteiger partial charge >= 0.3 is 0 Å². The van der Waals surface area contributed by atoms with Crippen molar-refractivity contribution in [3.63, 3.8) is 0 Å². The van der Waals surface area contributed by atoms with Crippen molar-refractivity contribution in [2.75, 3.05) is 39.3 Å². The molecule has 2 fully saturated rings. The van der Waals surface area contributed by atoms with Gasteiger partial charge in [-0.2, -0.15) is 0 Å². The van der Waals surface area contributed by atoms with Gasteiger partial charge in [-0.1, -0.05) is 30.3 Å². The van der Waals surface area contributed by atoms with E-state index in [1.165, 1.54) is 18.4 Å². The van der Waals surface area contributed by atoms with E-state index in [9.17, 15) is 0 Å². The van der Waals surface area contributed by atoms with Gasteiger partial charge in [-0.05, 0) is 63.4 Å². The van der Waals surface area contributed by atoms with Gasteiger partial charge in [0.1, 0.15) is 5.76 Å². The topological polar surface area (TPSA) is 56.0 Å². The summed E-state index contributed by atoms with van der Waals surface area (Å²) in [6.45, 7) is 9.26. The van der Waals surface area contributed by atoms with Gasteiger partial charge in [-0.15, -0.1) is 0 Å². The molecule has 0 saturated carbocycles. The van der Waals surface area contributed by atoms with Crippen molar-refractivity contribution in [3.05, 3.63) is 60.1 Å². The number of rotatable bonds is 8. The lowest BCUT2D eigenvalue weighted by atomic mass is 10.0. The number of hydrogen-bond acceptors (Lipinski definition) is 4. The summed E-state index contributed by atoms with van der Waals surface area (Å²) in [4.78, 5) is 10.0. The predicted octanol–water partition coefficient (Wildman–Crippen LogP) is 3.64. The van der Waals surface area contributed by atoms with E-state index in [-0.39, 0.29) is 6.04 Å². The molecule has 1 aromatic carbocycles. The van der Waals surface area contributed by atoms with Gasteiger partial charge in [-0.25, -0.2) is 0 Å². The number of hydrogen-bond donors (Lipinski definition) is 2. The Labute approximate surface area is 186 Å². The van der Waals surface area contributed by atoms with Crippen molar-refractivity contribution in [2.45, 2.75) is 51.2 Å². The van der Waals surface area contributed by atoms with E-state index in [2.05, 4.69) is 63.8 Å². The Kier molecular flexibility index (Phi) is 8.02. The molecule has 2 aliphatic rings. The smallest absolute Gasteiger partial charge is 0.191 e. The molecule has 2 aliphatic heterocycles. The Morgan fingerprint density at radius 3 is 2.52 bits per heavy atom. The Bertz CT molecular complexity index is 778. The first kappa shape index (κ1) is 21.9. The summed E-state index contributed by atoms with van der Waals surface area (Å²) in [5.41, 5.74) is 1.40. The van der Waals surface area contributed by atoms with Gasteiger partial charge in [-0.3, -0.25) is 14.8 Å². The van der Waals surface area contributed by atoms with Crippen LogP contribution in [-0.4, -0.2) is 61.1 Å². The minimum Gasteiger partial charge on any atom is -0.468 e. The van der Waals surface area contributed by atoms with E-state index < -0.39 is 0 Å². The van der Waals surface area contributed by atoms with Crippen molar-refractivity contribution < 1.29 is 4.42 Å². The van der Waals surface area contributed by atoms with Crippen molar-refractivity contribution in [1.82, 2.24) is 20.4 Å². The van der Waals surface area contributed by atoms with Gasteiger partial charge in [0.2, 0.25) is 0 Å². The second-order valence-corrected chi connectivity index (χ2v) is 8.67. The van der Waals surface area contributed by atoms with Crippen molar-refractivity contribution in [1.29, 1.82) is 0 Å². The highest BCUT2D eigenvalue weighted by atomic mass is 16.3. The molecule has 0 aliphatic carbocycles. The van der Waals surface area contributed by atoms with Crippen LogP contribution in [0.15, 0.2) is 58.1 Å². The molecule has 0 spiro atoms. The van der Waals surface area contributed by atoms with E-state index in [1.54, 1.807) is 6.26 Å². The number of benzene rings is 1. The first-order valence-electron chi connectivity index (χ1n) is 11.9. The average molecular weight is 424 g/mol. The number of nitrogens with one attached hydrogen (secondary N) is 2. The maximum absolute atomic E-state index is 5.75. The fourth-order valence-electron chi connectivity index (χ4n) is 4.69. The van der Waals surface area contributed by atoms with Gasteiger partial charge < -0.3 is 15.1 Å². The summed E-state index contributed by atoms with van der Waals surface area (Å²) in [6.07, 6.45) is 6.59. The monoisotopic (exact) mass is 423 g/mol. The van der Waals surface area contributed by atoms with E-state index >= 15 is 0 Å². The molecule has 1 aromatic heterocycles. The second kappa shape index (κ2) is 11.3. The summed E-state index contributed by atoms with van der Waals surface area (Å²) in [5, 5.41) is 7.14. The molecular formula is C25H37N5O. The lowest BCUT2D eigenvalue weighted by Crippen LogP contribution is -2.48. The van der Waals surface area contributed by atoms with Crippen LogP contribution in [0.3, 0.4) is 0 Å². The minimum absolute atomic E-state index is 0.223. The van der Waals surface area contributed by atoms with Gasteiger partial charge in [0.05, 0.1) is 18.8 Å². The molecule has 0 amide bonds. The Morgan fingerprint density at radius 2 is 1.84 bits per heavy atom. The van der Waals surface area contributed by atoms with E-state index in [0.717, 1.165) is 70.4 Å². The van der Waals surface area contributed by atoms with Crippen molar-refractivity contribution in [2.24, 2.45) is 4.99 Å². The maximum Gasteiger partial charge on any atom is 0.191 e. The van der Waals surface area contributed by atoms with Crippen LogP contribution in [0.2, 0.25) is 0 Å². The third-order valence-corrected chi connectivity index (χ3v) is 6.40. The molecule has 3 heterocycles. The molecule has 0 bridgehead atoms. The molecule has 2 saturated heterocycles. The van der Waals surface area contributed by atoms with Crippen molar-refractivity contribution in [3.8, 4) is 0 Å². The molecule has 2 N–H and O–H groups in total. The first-order valence-corrected chi connectivity index (χ1v) is 11.9. The molecule has 1 unspecified atom stereocenters. The second-order valence-electron chi connectivity index (χ2n) is 8.67. The number of furan rings is 1. The van der Waals surface area contributed by atoms with Crippen molar-refractivity contribution >= 4 is 5.96 Å². The number of likely N-dealkylation sites (tertiary alicyclic amines) is 2. The third-order valence-electron chi connectivity index (χ3n) is 6.40. The van der Waals surface area contributed by atoms with Crippen LogP contribution in [0.5, 0.6) is 0 Å². The van der Waals surface area contributed by atoms with Crippen LogP contribution in [0, 0.1) is 0 Å². The molecule has 6 heteroatoms. The molecule has 6 nitrogen and oxygen atoms in total. The summed E-state index contributed by atoms with van der Waals surface area (Å²) in [7, 11) is 0. The Morgan fingerprint density at radius 1 is 1.06 bits per heavy atom. The predicted molar refractivity (Wildman–Crippen MR) is 126 cm³/mol. The maximum atomic E-state index is 5.75. The summed E-state index contributed by atoms with van der Waals surface area (Å²) >= 11 is 0. The zero-order chi connectivity index (χ0) is 21.3. The normalized spacial score (nSPS) is 20.1. The van der Waals surface area contributed by atoms with Gasteiger partial charge in [0, 0.05) is 32.2 Å². The summed E-state index contributed by atoms with van der Waals surface area (Å²) < 4.78 is 5.75. The molecule has 0 radical (unpaired) electrons. The SMILES string of the molecule is CCNC(=NCC(c1ccco1)N1CCCC1)NC1CCN(Cc2ccccc2)CC1. The largest absolute Gasteiger partial charge is 0.468 e. The zero-order valence-electron chi connectivity index (χ0n) is 18.8. The Balaban J connectivity index is 1.31. The summed E-state index contributed by atoms with van der Waals surface area (Å²) in [5.74, 6) is 1.95. The molecule has 168 valence electrons. The van der Waals surface area contributed by atoms with E-state index in [4.69, 9.17) is 9.41 Å². The van der Waals surface area contributed by atoms with Gasteiger partial charge in [0.25, 0.3) is 0 Å². The van der Waals surface area contributed by atoms with Crippen LogP contribution in [0.1, 0.15) is 50.0 Å². The fraction of sp³-hybridized carbons (Fsp3) is 0.560. The number of guanidine groups is 1. The molecule has 4 rings (SSSR count). The third kappa shape index (κ3) is 6.34.